The van der Waals surface area contributed by atoms with E-state index in [1.165, 1.54) is 50.9 Å². The van der Waals surface area contributed by atoms with Crippen LogP contribution in [0.1, 0.15) is 56.8 Å². The van der Waals surface area contributed by atoms with Gasteiger partial charge in [-0.1, -0.05) is 0 Å². The Morgan fingerprint density at radius 1 is 1.21 bits per heavy atom. The number of nitrogens with zero attached hydrogens (tertiary/aromatic N) is 3. The van der Waals surface area contributed by atoms with Gasteiger partial charge in [-0.3, -0.25) is 0 Å². The Kier molecular flexibility index (Phi) is 3.89. The molecule has 2 saturated heterocycles. The molecule has 2 aliphatic heterocycles. The van der Waals surface area contributed by atoms with Gasteiger partial charge in [0.1, 0.15) is 0 Å². The molecular weight excluding hydrogens is 236 g/mol. The minimum Gasteiger partial charge on any atom is -0.330 e. The monoisotopic (exact) mass is 262 g/mol. The molecule has 0 aliphatic carbocycles. The highest BCUT2D eigenvalue weighted by atomic mass is 15.2. The van der Waals surface area contributed by atoms with Crippen molar-refractivity contribution in [2.45, 2.75) is 57.2 Å². The SMILES string of the molecule is CC1CCCC(c2cncn2C2CCN(C)CC2)N1. The van der Waals surface area contributed by atoms with Crippen LogP contribution in [0.15, 0.2) is 12.5 Å². The van der Waals surface area contributed by atoms with Gasteiger partial charge in [0.15, 0.2) is 0 Å². The van der Waals surface area contributed by atoms with Crippen LogP contribution in [0.5, 0.6) is 0 Å². The van der Waals surface area contributed by atoms with E-state index >= 15 is 0 Å². The third-order valence-corrected chi connectivity index (χ3v) is 4.75. The number of hydrogen-bond donors (Lipinski definition) is 1. The van der Waals surface area contributed by atoms with Gasteiger partial charge in [0.25, 0.3) is 0 Å². The molecule has 3 rings (SSSR count). The molecule has 19 heavy (non-hydrogen) atoms. The number of imidazole rings is 1. The first-order valence-corrected chi connectivity index (χ1v) is 7.70. The number of nitrogens with one attached hydrogen (secondary N) is 1. The maximum absolute atomic E-state index is 4.43. The molecule has 0 aromatic carbocycles. The fourth-order valence-corrected chi connectivity index (χ4v) is 3.53. The predicted molar refractivity (Wildman–Crippen MR) is 77.2 cm³/mol. The van der Waals surface area contributed by atoms with Crippen LogP contribution in [0.4, 0.5) is 0 Å². The van der Waals surface area contributed by atoms with Gasteiger partial charge in [-0.25, -0.2) is 4.98 Å². The Balaban J connectivity index is 1.74. The zero-order valence-corrected chi connectivity index (χ0v) is 12.2. The summed E-state index contributed by atoms with van der Waals surface area (Å²) in [4.78, 5) is 6.85. The Hall–Kier alpha value is -0.870. The van der Waals surface area contributed by atoms with Crippen LogP contribution >= 0.6 is 0 Å². The summed E-state index contributed by atoms with van der Waals surface area (Å²) in [5.41, 5.74) is 1.40. The van der Waals surface area contributed by atoms with Crippen LogP contribution in [0.3, 0.4) is 0 Å². The van der Waals surface area contributed by atoms with E-state index < -0.39 is 0 Å². The normalized spacial score (nSPS) is 30.6. The molecule has 1 aromatic rings. The van der Waals surface area contributed by atoms with Gasteiger partial charge >= 0.3 is 0 Å². The Morgan fingerprint density at radius 2 is 2.00 bits per heavy atom. The molecule has 4 heteroatoms. The lowest BCUT2D eigenvalue weighted by atomic mass is 9.96. The van der Waals surface area contributed by atoms with Crippen molar-refractivity contribution in [3.8, 4) is 0 Å². The van der Waals surface area contributed by atoms with Gasteiger partial charge in [0, 0.05) is 24.3 Å². The Labute approximate surface area is 116 Å². The fourth-order valence-electron chi connectivity index (χ4n) is 3.53. The van der Waals surface area contributed by atoms with Gasteiger partial charge in [0.05, 0.1) is 12.0 Å². The van der Waals surface area contributed by atoms with Crippen molar-refractivity contribution in [1.82, 2.24) is 19.8 Å². The number of piperidine rings is 2. The summed E-state index contributed by atoms with van der Waals surface area (Å²) in [5, 5.41) is 3.74. The number of hydrogen-bond acceptors (Lipinski definition) is 3. The molecule has 1 N–H and O–H groups in total. The molecule has 0 spiro atoms. The van der Waals surface area contributed by atoms with Gasteiger partial charge in [-0.2, -0.15) is 0 Å². The number of likely N-dealkylation sites (tertiary alicyclic amines) is 1. The highest BCUT2D eigenvalue weighted by Crippen LogP contribution is 2.30. The van der Waals surface area contributed by atoms with Crippen LogP contribution in [-0.2, 0) is 0 Å². The standard InChI is InChI=1S/C15H26N4/c1-12-4-3-5-14(17-12)15-10-16-11-19(15)13-6-8-18(2)9-7-13/h10-14,17H,3-9H2,1-2H3. The smallest absolute Gasteiger partial charge is 0.0951 e. The summed E-state index contributed by atoms with van der Waals surface area (Å²) >= 11 is 0. The second-order valence-corrected chi connectivity index (χ2v) is 6.31. The lowest BCUT2D eigenvalue weighted by Crippen LogP contribution is -2.37. The molecule has 2 atom stereocenters. The summed E-state index contributed by atoms with van der Waals surface area (Å²) < 4.78 is 2.45. The number of aromatic nitrogens is 2. The van der Waals surface area contributed by atoms with Crippen molar-refractivity contribution < 1.29 is 0 Å². The Morgan fingerprint density at radius 3 is 2.74 bits per heavy atom. The van der Waals surface area contributed by atoms with Crippen molar-refractivity contribution >= 4 is 0 Å². The van der Waals surface area contributed by atoms with Crippen molar-refractivity contribution in [1.29, 1.82) is 0 Å². The molecule has 0 bridgehead atoms. The molecule has 0 saturated carbocycles. The van der Waals surface area contributed by atoms with Crippen LogP contribution in [0.25, 0.3) is 0 Å². The quantitative estimate of drug-likeness (QED) is 0.888. The minimum absolute atomic E-state index is 0.505. The maximum Gasteiger partial charge on any atom is 0.0951 e. The minimum atomic E-state index is 0.505. The van der Waals surface area contributed by atoms with Gasteiger partial charge in [-0.05, 0) is 59.2 Å². The van der Waals surface area contributed by atoms with E-state index in [0.717, 1.165) is 0 Å². The first-order chi connectivity index (χ1) is 9.24. The van der Waals surface area contributed by atoms with Crippen LogP contribution in [0, 0.1) is 0 Å². The molecular formula is C15H26N4. The summed E-state index contributed by atoms with van der Waals surface area (Å²) in [7, 11) is 2.22. The largest absolute Gasteiger partial charge is 0.330 e. The zero-order valence-electron chi connectivity index (χ0n) is 12.2. The molecule has 0 radical (unpaired) electrons. The molecule has 1 aromatic heterocycles. The van der Waals surface area contributed by atoms with Gasteiger partial charge in [0.2, 0.25) is 0 Å². The summed E-state index contributed by atoms with van der Waals surface area (Å²) in [6.45, 7) is 4.70. The molecule has 4 nitrogen and oxygen atoms in total. The van der Waals surface area contributed by atoms with E-state index in [0.29, 0.717) is 18.1 Å². The second kappa shape index (κ2) is 5.63. The average molecular weight is 262 g/mol. The summed E-state index contributed by atoms with van der Waals surface area (Å²) in [6.07, 6.45) is 10.5. The summed E-state index contributed by atoms with van der Waals surface area (Å²) in [5.74, 6) is 0. The fraction of sp³-hybridized carbons (Fsp3) is 0.800. The first kappa shape index (κ1) is 13.1. The van der Waals surface area contributed by atoms with Crippen LogP contribution < -0.4 is 5.32 Å². The molecule has 106 valence electrons. The molecule has 2 aliphatic rings. The first-order valence-electron chi connectivity index (χ1n) is 7.70. The molecule has 3 heterocycles. The van der Waals surface area contributed by atoms with Crippen molar-refractivity contribution in [3.05, 3.63) is 18.2 Å². The van der Waals surface area contributed by atoms with E-state index in [9.17, 15) is 0 Å². The molecule has 2 unspecified atom stereocenters. The Bertz CT molecular complexity index is 406. The lowest BCUT2D eigenvalue weighted by Gasteiger charge is -2.34. The maximum atomic E-state index is 4.43. The van der Waals surface area contributed by atoms with Gasteiger partial charge < -0.3 is 14.8 Å². The van der Waals surface area contributed by atoms with Crippen molar-refractivity contribution in [2.24, 2.45) is 0 Å². The third-order valence-electron chi connectivity index (χ3n) is 4.75. The highest BCUT2D eigenvalue weighted by Gasteiger charge is 2.26. The highest BCUT2D eigenvalue weighted by molar-refractivity contribution is 5.09. The second-order valence-electron chi connectivity index (χ2n) is 6.31. The predicted octanol–water partition coefficient (Wildman–Crippen LogP) is 2.35. The van der Waals surface area contributed by atoms with Crippen LogP contribution in [-0.4, -0.2) is 40.6 Å². The number of rotatable bonds is 2. The van der Waals surface area contributed by atoms with Gasteiger partial charge in [-0.15, -0.1) is 0 Å². The zero-order chi connectivity index (χ0) is 13.2. The van der Waals surface area contributed by atoms with E-state index in [4.69, 9.17) is 0 Å². The van der Waals surface area contributed by atoms with E-state index in [2.05, 4.69) is 39.9 Å². The van der Waals surface area contributed by atoms with Crippen molar-refractivity contribution in [3.63, 3.8) is 0 Å². The lowest BCUT2D eigenvalue weighted by molar-refractivity contribution is 0.214. The topological polar surface area (TPSA) is 33.1 Å². The van der Waals surface area contributed by atoms with E-state index in [-0.39, 0.29) is 0 Å². The third kappa shape index (κ3) is 2.84. The summed E-state index contributed by atoms with van der Waals surface area (Å²) in [6, 6.07) is 1.79. The van der Waals surface area contributed by atoms with Crippen LogP contribution in [0.2, 0.25) is 0 Å². The van der Waals surface area contributed by atoms with E-state index in [1.54, 1.807) is 0 Å². The molecule has 0 amide bonds. The average Bonchev–Trinajstić information content (AvgIpc) is 2.89. The van der Waals surface area contributed by atoms with Crippen molar-refractivity contribution in [2.75, 3.05) is 20.1 Å². The molecule has 2 fully saturated rings. The van der Waals surface area contributed by atoms with E-state index in [1.807, 2.05) is 6.33 Å².